The van der Waals surface area contributed by atoms with Gasteiger partial charge in [0.1, 0.15) is 10.7 Å². The minimum absolute atomic E-state index is 0.0374. The van der Waals surface area contributed by atoms with Crippen molar-refractivity contribution in [3.8, 4) is 0 Å². The first kappa shape index (κ1) is 13.6. The Labute approximate surface area is 120 Å². The number of hydrogen-bond acceptors (Lipinski definition) is 4. The highest BCUT2D eigenvalue weighted by Gasteiger charge is 2.13. The van der Waals surface area contributed by atoms with Crippen LogP contribution >= 0.6 is 23.6 Å². The Morgan fingerprint density at radius 1 is 1.47 bits per heavy atom. The zero-order chi connectivity index (χ0) is 13.8. The highest BCUT2D eigenvalue weighted by atomic mass is 32.1. The van der Waals surface area contributed by atoms with Crippen molar-refractivity contribution in [1.82, 2.24) is 10.3 Å². The summed E-state index contributed by atoms with van der Waals surface area (Å²) in [5, 5.41) is 4.87. The first-order valence-corrected chi connectivity index (χ1v) is 6.97. The lowest BCUT2D eigenvalue weighted by Gasteiger charge is -2.11. The van der Waals surface area contributed by atoms with E-state index in [1.807, 2.05) is 24.4 Å². The highest BCUT2D eigenvalue weighted by molar-refractivity contribution is 7.80. The molecule has 1 atom stereocenters. The Bertz CT molecular complexity index is 578. The molecule has 2 aromatic heterocycles. The van der Waals surface area contributed by atoms with Crippen molar-refractivity contribution in [3.63, 3.8) is 0 Å². The van der Waals surface area contributed by atoms with E-state index >= 15 is 0 Å². The monoisotopic (exact) mass is 291 g/mol. The first-order chi connectivity index (χ1) is 9.08. The third-order valence-corrected chi connectivity index (χ3v) is 3.89. The van der Waals surface area contributed by atoms with Crippen LogP contribution in [0.5, 0.6) is 0 Å². The third kappa shape index (κ3) is 3.36. The number of hydrogen-bond donors (Lipinski definition) is 2. The molecule has 0 aliphatic heterocycles. The van der Waals surface area contributed by atoms with Gasteiger partial charge in [0, 0.05) is 16.6 Å². The van der Waals surface area contributed by atoms with Gasteiger partial charge < -0.3 is 11.1 Å². The molecule has 19 heavy (non-hydrogen) atoms. The van der Waals surface area contributed by atoms with Crippen LogP contribution in [0.2, 0.25) is 0 Å². The summed E-state index contributed by atoms with van der Waals surface area (Å²) < 4.78 is 0. The summed E-state index contributed by atoms with van der Waals surface area (Å²) in [6, 6.07) is 7.21. The predicted molar refractivity (Wildman–Crippen MR) is 80.3 cm³/mol. The molecule has 0 radical (unpaired) electrons. The molecule has 4 nitrogen and oxygen atoms in total. The van der Waals surface area contributed by atoms with Crippen molar-refractivity contribution in [1.29, 1.82) is 0 Å². The van der Waals surface area contributed by atoms with E-state index < -0.39 is 0 Å². The molecule has 0 aliphatic carbocycles. The summed E-state index contributed by atoms with van der Waals surface area (Å²) in [4.78, 5) is 17.4. The van der Waals surface area contributed by atoms with Gasteiger partial charge in [-0.1, -0.05) is 18.3 Å². The third-order valence-electron chi connectivity index (χ3n) is 2.60. The lowest BCUT2D eigenvalue weighted by molar-refractivity contribution is 0.0935. The van der Waals surface area contributed by atoms with Gasteiger partial charge in [0.05, 0.1) is 6.04 Å². The molecule has 0 saturated heterocycles. The summed E-state index contributed by atoms with van der Waals surface area (Å²) in [6.45, 7) is 1.94. The molecular formula is C13H13N3OS2. The lowest BCUT2D eigenvalue weighted by Crippen LogP contribution is -2.27. The Morgan fingerprint density at radius 2 is 2.26 bits per heavy atom. The smallest absolute Gasteiger partial charge is 0.270 e. The number of nitrogens with two attached hydrogens (primary N) is 1. The molecule has 0 spiro atoms. The molecule has 0 fully saturated rings. The van der Waals surface area contributed by atoms with Crippen molar-refractivity contribution in [3.05, 3.63) is 52.0 Å². The van der Waals surface area contributed by atoms with Gasteiger partial charge in [-0.3, -0.25) is 9.78 Å². The van der Waals surface area contributed by atoms with Crippen LogP contribution < -0.4 is 11.1 Å². The van der Waals surface area contributed by atoms with Crippen LogP contribution in [0.25, 0.3) is 0 Å². The summed E-state index contributed by atoms with van der Waals surface area (Å²) >= 11 is 6.44. The Balaban J connectivity index is 2.05. The van der Waals surface area contributed by atoms with Gasteiger partial charge in [-0.15, -0.1) is 11.3 Å². The van der Waals surface area contributed by atoms with Gasteiger partial charge in [-0.25, -0.2) is 0 Å². The minimum Gasteiger partial charge on any atom is -0.389 e. The van der Waals surface area contributed by atoms with E-state index in [4.69, 9.17) is 18.0 Å². The average Bonchev–Trinajstić information content (AvgIpc) is 2.92. The number of nitrogens with zero attached hydrogens (tertiary/aromatic N) is 1. The van der Waals surface area contributed by atoms with Crippen LogP contribution in [0.3, 0.4) is 0 Å². The number of pyridine rings is 1. The molecule has 1 unspecified atom stereocenters. The number of carbonyl (C=O) groups excluding carboxylic acids is 1. The fourth-order valence-corrected chi connectivity index (χ4v) is 2.41. The molecule has 2 aromatic rings. The van der Waals surface area contributed by atoms with Crippen LogP contribution in [0.1, 0.15) is 33.9 Å². The number of thiocarbonyl (C=S) groups is 1. The second-order valence-corrected chi connectivity index (χ2v) is 5.43. The van der Waals surface area contributed by atoms with Crippen LogP contribution in [0.4, 0.5) is 0 Å². The summed E-state index contributed by atoms with van der Waals surface area (Å²) in [5.74, 6) is -0.213. The Morgan fingerprint density at radius 3 is 2.79 bits per heavy atom. The maximum atomic E-state index is 12.0. The van der Waals surface area contributed by atoms with Gasteiger partial charge in [-0.2, -0.15) is 0 Å². The minimum atomic E-state index is -0.213. The molecule has 6 heteroatoms. The van der Waals surface area contributed by atoms with Crippen LogP contribution in [0, 0.1) is 0 Å². The largest absolute Gasteiger partial charge is 0.389 e. The molecule has 1 amide bonds. The molecule has 0 bridgehead atoms. The van der Waals surface area contributed by atoms with Gasteiger partial charge in [0.15, 0.2) is 0 Å². The van der Waals surface area contributed by atoms with E-state index in [1.54, 1.807) is 23.5 Å². The quantitative estimate of drug-likeness (QED) is 0.848. The van der Waals surface area contributed by atoms with E-state index in [-0.39, 0.29) is 16.9 Å². The highest BCUT2D eigenvalue weighted by Crippen LogP contribution is 2.18. The number of aromatic nitrogens is 1. The second kappa shape index (κ2) is 5.90. The van der Waals surface area contributed by atoms with Crippen LogP contribution in [-0.4, -0.2) is 15.9 Å². The zero-order valence-corrected chi connectivity index (χ0v) is 11.9. The van der Waals surface area contributed by atoms with Gasteiger partial charge >= 0.3 is 0 Å². The number of thiophene rings is 1. The molecule has 3 N–H and O–H groups in total. The lowest BCUT2D eigenvalue weighted by atomic mass is 10.2. The summed E-state index contributed by atoms with van der Waals surface area (Å²) in [5.41, 5.74) is 6.48. The van der Waals surface area contributed by atoms with E-state index in [1.165, 1.54) is 6.20 Å². The van der Waals surface area contributed by atoms with E-state index in [0.29, 0.717) is 11.3 Å². The van der Waals surface area contributed by atoms with E-state index in [2.05, 4.69) is 10.3 Å². The van der Waals surface area contributed by atoms with Gasteiger partial charge in [0.2, 0.25) is 0 Å². The van der Waals surface area contributed by atoms with Crippen LogP contribution in [-0.2, 0) is 0 Å². The van der Waals surface area contributed by atoms with Crippen molar-refractivity contribution in [2.24, 2.45) is 5.73 Å². The van der Waals surface area contributed by atoms with E-state index in [0.717, 1.165) is 4.88 Å². The Kier molecular flexibility index (Phi) is 4.24. The maximum absolute atomic E-state index is 12.0. The normalized spacial score (nSPS) is 11.8. The fraction of sp³-hybridized carbons (Fsp3) is 0.154. The van der Waals surface area contributed by atoms with Crippen molar-refractivity contribution >= 4 is 34.5 Å². The molecule has 0 aliphatic rings. The SMILES string of the molecule is CC(NC(=O)c1ccc(C(N)=S)cn1)c1cccs1. The molecule has 2 heterocycles. The van der Waals surface area contributed by atoms with E-state index in [9.17, 15) is 4.79 Å². The molecule has 98 valence electrons. The zero-order valence-electron chi connectivity index (χ0n) is 10.3. The molecule has 0 aromatic carbocycles. The standard InChI is InChI=1S/C13H13N3OS2/c1-8(11-3-2-6-19-11)16-13(17)10-5-4-9(7-15-10)12(14)18/h2-8H,1H3,(H2,14,18)(H,16,17). The van der Waals surface area contributed by atoms with Crippen molar-refractivity contribution in [2.45, 2.75) is 13.0 Å². The number of amides is 1. The molecular weight excluding hydrogens is 278 g/mol. The molecule has 2 rings (SSSR count). The maximum Gasteiger partial charge on any atom is 0.270 e. The summed E-state index contributed by atoms with van der Waals surface area (Å²) in [6.07, 6.45) is 1.51. The predicted octanol–water partition coefficient (Wildman–Crippen LogP) is 2.27. The second-order valence-electron chi connectivity index (χ2n) is 4.01. The van der Waals surface area contributed by atoms with Crippen LogP contribution in [0.15, 0.2) is 35.8 Å². The van der Waals surface area contributed by atoms with Gasteiger partial charge in [-0.05, 0) is 30.5 Å². The summed E-state index contributed by atoms with van der Waals surface area (Å²) in [7, 11) is 0. The first-order valence-electron chi connectivity index (χ1n) is 5.68. The topological polar surface area (TPSA) is 68.0 Å². The molecule has 0 saturated carbocycles. The number of nitrogens with one attached hydrogen (secondary N) is 1. The fourth-order valence-electron chi connectivity index (χ4n) is 1.55. The Hall–Kier alpha value is -1.79. The van der Waals surface area contributed by atoms with Crippen molar-refractivity contribution < 1.29 is 4.79 Å². The average molecular weight is 291 g/mol. The van der Waals surface area contributed by atoms with Crippen molar-refractivity contribution in [2.75, 3.05) is 0 Å². The number of rotatable bonds is 4. The number of carbonyl (C=O) groups is 1. The van der Waals surface area contributed by atoms with Gasteiger partial charge in [0.25, 0.3) is 5.91 Å².